The monoisotopic (exact) mass is 312 g/mol. The molecule has 2 aliphatic heterocycles. The summed E-state index contributed by atoms with van der Waals surface area (Å²) in [5, 5.41) is 5.38. The van der Waals surface area contributed by atoms with Crippen molar-refractivity contribution in [1.29, 1.82) is 0 Å². The topological polar surface area (TPSA) is 66.9 Å². The van der Waals surface area contributed by atoms with E-state index < -0.39 is 0 Å². The first-order valence-corrected chi connectivity index (χ1v) is 7.95. The molecule has 0 unspecified atom stereocenters. The Labute approximate surface area is 127 Å². The minimum absolute atomic E-state index is 0.0847. The number of morpholine rings is 1. The third-order valence-corrected chi connectivity index (χ3v) is 4.59. The van der Waals surface area contributed by atoms with E-state index in [1.807, 2.05) is 10.3 Å². The minimum Gasteiger partial charge on any atom is -0.378 e. The number of amides is 2. The third kappa shape index (κ3) is 3.52. The molecule has 1 aromatic heterocycles. The molecular formula is C13H20N4O3S. The maximum Gasteiger partial charge on any atom is 0.323 e. The maximum atomic E-state index is 12.3. The molecule has 0 aromatic carbocycles. The number of hydrogen-bond donors (Lipinski definition) is 1. The van der Waals surface area contributed by atoms with Crippen molar-refractivity contribution in [3.8, 4) is 0 Å². The van der Waals surface area contributed by atoms with Gasteiger partial charge in [-0.3, -0.25) is 10.2 Å². The molecule has 1 atom stereocenters. The van der Waals surface area contributed by atoms with E-state index in [2.05, 4.69) is 15.2 Å². The normalized spacial score (nSPS) is 22.9. The van der Waals surface area contributed by atoms with Crippen LogP contribution in [0.2, 0.25) is 0 Å². The first kappa shape index (κ1) is 14.7. The highest BCUT2D eigenvalue weighted by Crippen LogP contribution is 2.18. The fourth-order valence-electron chi connectivity index (χ4n) is 2.68. The molecule has 1 aromatic rings. The van der Waals surface area contributed by atoms with Gasteiger partial charge in [0.2, 0.25) is 0 Å². The van der Waals surface area contributed by atoms with Gasteiger partial charge in [0.05, 0.1) is 31.6 Å². The summed E-state index contributed by atoms with van der Waals surface area (Å²) in [5.41, 5.74) is 0.836. The van der Waals surface area contributed by atoms with Gasteiger partial charge < -0.3 is 14.4 Å². The number of aromatic nitrogens is 1. The second-order valence-electron chi connectivity index (χ2n) is 5.22. The lowest BCUT2D eigenvalue weighted by Crippen LogP contribution is -2.59. The van der Waals surface area contributed by atoms with E-state index in [0.29, 0.717) is 30.9 Å². The lowest BCUT2D eigenvalue weighted by molar-refractivity contribution is -0.0355. The van der Waals surface area contributed by atoms with Crippen LogP contribution in [0.25, 0.3) is 0 Å². The van der Waals surface area contributed by atoms with Gasteiger partial charge in [-0.1, -0.05) is 0 Å². The van der Waals surface area contributed by atoms with Crippen LogP contribution in [-0.2, 0) is 16.1 Å². The molecule has 7 nitrogen and oxygen atoms in total. The molecule has 2 saturated heterocycles. The summed E-state index contributed by atoms with van der Waals surface area (Å²) < 4.78 is 10.5. The van der Waals surface area contributed by atoms with Crippen molar-refractivity contribution < 1.29 is 14.3 Å². The van der Waals surface area contributed by atoms with Crippen molar-refractivity contribution in [2.45, 2.75) is 12.6 Å². The average molecular weight is 312 g/mol. The van der Waals surface area contributed by atoms with Crippen LogP contribution in [0.1, 0.15) is 5.69 Å². The Bertz CT molecular complexity index is 496. The molecule has 0 saturated carbocycles. The zero-order valence-corrected chi connectivity index (χ0v) is 12.9. The number of nitrogens with zero attached hydrogens (tertiary/aromatic N) is 3. The highest BCUT2D eigenvalue weighted by molar-refractivity contribution is 7.13. The molecule has 8 heteroatoms. The fourth-order valence-corrected chi connectivity index (χ4v) is 3.36. The number of thiazole rings is 1. The van der Waals surface area contributed by atoms with E-state index in [1.165, 1.54) is 11.3 Å². The van der Waals surface area contributed by atoms with Crippen LogP contribution in [0.5, 0.6) is 0 Å². The molecule has 1 N–H and O–H groups in total. The number of fused-ring (bicyclic) bond motifs is 1. The molecule has 2 fully saturated rings. The number of piperazine rings is 1. The second kappa shape index (κ2) is 6.69. The molecule has 0 bridgehead atoms. The van der Waals surface area contributed by atoms with Crippen molar-refractivity contribution >= 4 is 22.5 Å². The van der Waals surface area contributed by atoms with E-state index >= 15 is 0 Å². The number of hydrogen-bond acceptors (Lipinski definition) is 6. The van der Waals surface area contributed by atoms with Crippen molar-refractivity contribution in [2.75, 3.05) is 51.8 Å². The number of carbonyl (C=O) groups is 1. The Morgan fingerprint density at radius 3 is 3.33 bits per heavy atom. The fraction of sp³-hybridized carbons (Fsp3) is 0.692. The molecule has 0 radical (unpaired) electrons. The first-order valence-electron chi connectivity index (χ1n) is 7.07. The lowest BCUT2D eigenvalue weighted by atomic mass is 10.1. The quantitative estimate of drug-likeness (QED) is 0.896. The van der Waals surface area contributed by atoms with Gasteiger partial charge in [0.15, 0.2) is 5.13 Å². The highest BCUT2D eigenvalue weighted by atomic mass is 32.1. The molecule has 2 aliphatic rings. The van der Waals surface area contributed by atoms with Crippen molar-refractivity contribution in [2.24, 2.45) is 0 Å². The third-order valence-electron chi connectivity index (χ3n) is 3.78. The van der Waals surface area contributed by atoms with Gasteiger partial charge in [0.25, 0.3) is 0 Å². The van der Waals surface area contributed by atoms with Crippen LogP contribution >= 0.6 is 11.3 Å². The smallest absolute Gasteiger partial charge is 0.323 e. The van der Waals surface area contributed by atoms with Crippen LogP contribution in [0, 0.1) is 0 Å². The summed E-state index contributed by atoms with van der Waals surface area (Å²) in [6, 6.07) is 0.233. The number of ether oxygens (including phenoxy) is 2. The number of methoxy groups -OCH3 is 1. The summed E-state index contributed by atoms with van der Waals surface area (Å²) in [5.74, 6) is 0. The van der Waals surface area contributed by atoms with E-state index in [0.717, 1.165) is 31.9 Å². The van der Waals surface area contributed by atoms with Crippen LogP contribution in [-0.4, -0.2) is 73.4 Å². The maximum absolute atomic E-state index is 12.3. The average Bonchev–Trinajstić information content (AvgIpc) is 2.94. The number of rotatable bonds is 3. The summed E-state index contributed by atoms with van der Waals surface area (Å²) in [6.07, 6.45) is 0. The van der Waals surface area contributed by atoms with Crippen molar-refractivity contribution in [1.82, 2.24) is 14.8 Å². The van der Waals surface area contributed by atoms with E-state index in [1.54, 1.807) is 7.11 Å². The summed E-state index contributed by atoms with van der Waals surface area (Å²) in [7, 11) is 1.63. The number of anilines is 1. The van der Waals surface area contributed by atoms with E-state index in [-0.39, 0.29) is 6.03 Å². The summed E-state index contributed by atoms with van der Waals surface area (Å²) in [6.45, 7) is 5.30. The Morgan fingerprint density at radius 2 is 2.48 bits per heavy atom. The van der Waals surface area contributed by atoms with Gasteiger partial charge in [0.1, 0.15) is 0 Å². The van der Waals surface area contributed by atoms with Crippen LogP contribution < -0.4 is 5.32 Å². The van der Waals surface area contributed by atoms with E-state index in [9.17, 15) is 4.79 Å². The predicted octanol–water partition coefficient (Wildman–Crippen LogP) is 0.838. The predicted molar refractivity (Wildman–Crippen MR) is 79.6 cm³/mol. The zero-order chi connectivity index (χ0) is 14.7. The Balaban J connectivity index is 1.55. The Kier molecular flexibility index (Phi) is 4.69. The summed E-state index contributed by atoms with van der Waals surface area (Å²) in [4.78, 5) is 20.9. The highest BCUT2D eigenvalue weighted by Gasteiger charge is 2.31. The van der Waals surface area contributed by atoms with Gasteiger partial charge in [-0.2, -0.15) is 0 Å². The van der Waals surface area contributed by atoms with E-state index in [4.69, 9.17) is 9.47 Å². The zero-order valence-electron chi connectivity index (χ0n) is 12.1. The minimum atomic E-state index is -0.0847. The number of nitrogens with one attached hydrogen (secondary N) is 1. The SMILES string of the molecule is COCc1csc(NC(=O)N2CCN3CCOC[C@H]3C2)n1. The lowest BCUT2D eigenvalue weighted by Gasteiger charge is -2.43. The van der Waals surface area contributed by atoms with Gasteiger partial charge in [0, 0.05) is 38.7 Å². The van der Waals surface area contributed by atoms with Crippen molar-refractivity contribution in [3.63, 3.8) is 0 Å². The number of urea groups is 1. The second-order valence-corrected chi connectivity index (χ2v) is 6.08. The van der Waals surface area contributed by atoms with Crippen molar-refractivity contribution in [3.05, 3.63) is 11.1 Å². The molecular weight excluding hydrogens is 292 g/mol. The molecule has 2 amide bonds. The van der Waals surface area contributed by atoms with Gasteiger partial charge >= 0.3 is 6.03 Å². The van der Waals surface area contributed by atoms with Crippen LogP contribution in [0.3, 0.4) is 0 Å². The Hall–Kier alpha value is -1.22. The standard InChI is InChI=1S/C13H20N4O3S/c1-19-7-10-9-21-12(14-10)15-13(18)17-3-2-16-4-5-20-8-11(16)6-17/h9,11H,2-8H2,1H3,(H,14,15,18)/t11-/m1/s1. The van der Waals surface area contributed by atoms with Crippen LogP contribution in [0.4, 0.5) is 9.93 Å². The largest absolute Gasteiger partial charge is 0.378 e. The molecule has 3 heterocycles. The molecule has 3 rings (SSSR count). The molecule has 0 spiro atoms. The number of carbonyl (C=O) groups excluding carboxylic acids is 1. The molecule has 116 valence electrons. The van der Waals surface area contributed by atoms with Gasteiger partial charge in [-0.25, -0.2) is 9.78 Å². The first-order chi connectivity index (χ1) is 10.3. The molecule has 0 aliphatic carbocycles. The van der Waals surface area contributed by atoms with Gasteiger partial charge in [-0.15, -0.1) is 11.3 Å². The van der Waals surface area contributed by atoms with Gasteiger partial charge in [-0.05, 0) is 0 Å². The van der Waals surface area contributed by atoms with Crippen LogP contribution in [0.15, 0.2) is 5.38 Å². The summed E-state index contributed by atoms with van der Waals surface area (Å²) >= 11 is 1.42. The Morgan fingerprint density at radius 1 is 1.57 bits per heavy atom. The molecule has 21 heavy (non-hydrogen) atoms.